The summed E-state index contributed by atoms with van der Waals surface area (Å²) in [5.74, 6) is -9.87. The molecular formula is C24H35ClF3N5O5. The highest BCUT2D eigenvalue weighted by molar-refractivity contribution is 6.29. The molecule has 0 bridgehead atoms. The molecule has 1 aliphatic carbocycles. The Bertz CT molecular complexity index is 949. The van der Waals surface area contributed by atoms with E-state index in [0.29, 0.717) is 37.7 Å². The first kappa shape index (κ1) is 30.0. The Hall–Kier alpha value is -2.57. The number of rotatable bonds is 9. The van der Waals surface area contributed by atoms with Crippen molar-refractivity contribution >= 4 is 41.1 Å². The number of carbonyl (C=O) groups excluding carboxylic acids is 5. The second-order valence-corrected chi connectivity index (χ2v) is 10.9. The van der Waals surface area contributed by atoms with Gasteiger partial charge in [-0.3, -0.25) is 29.4 Å². The van der Waals surface area contributed by atoms with E-state index in [1.807, 2.05) is 0 Å². The molecule has 0 aromatic rings. The minimum absolute atomic E-state index is 0.0395. The van der Waals surface area contributed by atoms with Crippen molar-refractivity contribution in [2.45, 2.75) is 76.5 Å². The lowest BCUT2D eigenvalue weighted by molar-refractivity contribution is -0.152. The lowest BCUT2D eigenvalue weighted by Crippen LogP contribution is -2.60. The van der Waals surface area contributed by atoms with Crippen molar-refractivity contribution in [2.24, 2.45) is 23.7 Å². The Morgan fingerprint density at radius 1 is 1.24 bits per heavy atom. The van der Waals surface area contributed by atoms with Gasteiger partial charge in [-0.15, -0.1) is 0 Å². The number of nitrogens with one attached hydrogen (secondary N) is 3. The number of hydrogen-bond donors (Lipinski definition) is 3. The third-order valence-corrected chi connectivity index (χ3v) is 8.06. The predicted molar refractivity (Wildman–Crippen MR) is 130 cm³/mol. The molecule has 3 fully saturated rings. The lowest BCUT2D eigenvalue weighted by atomic mass is 9.93. The Morgan fingerprint density at radius 2 is 1.92 bits per heavy atom. The van der Waals surface area contributed by atoms with Crippen LogP contribution in [0.5, 0.6) is 0 Å². The first-order valence-electron chi connectivity index (χ1n) is 12.9. The highest BCUT2D eigenvalue weighted by Crippen LogP contribution is 2.43. The number of hydrazine groups is 1. The van der Waals surface area contributed by atoms with Gasteiger partial charge in [-0.05, 0) is 37.0 Å². The van der Waals surface area contributed by atoms with Gasteiger partial charge in [0.25, 0.3) is 23.4 Å². The molecule has 0 radical (unpaired) electrons. The summed E-state index contributed by atoms with van der Waals surface area (Å²) in [6, 6.07) is -2.38. The average Bonchev–Trinajstić information content (AvgIpc) is 3.56. The molecule has 7 atom stereocenters. The van der Waals surface area contributed by atoms with Crippen LogP contribution in [0, 0.1) is 23.7 Å². The van der Waals surface area contributed by atoms with Gasteiger partial charge in [-0.25, -0.2) is 9.40 Å². The van der Waals surface area contributed by atoms with Crippen LogP contribution < -0.4 is 16.1 Å². The predicted octanol–water partition coefficient (Wildman–Crippen LogP) is 1.33. The highest BCUT2D eigenvalue weighted by Gasteiger charge is 2.52. The minimum Gasteiger partial charge on any atom is -0.356 e. The molecular weight excluding hydrogens is 531 g/mol. The molecule has 0 aromatic heterocycles. The van der Waals surface area contributed by atoms with Gasteiger partial charge in [-0.1, -0.05) is 38.3 Å². The van der Waals surface area contributed by atoms with E-state index in [-0.39, 0.29) is 30.8 Å². The maximum atomic E-state index is 13.8. The van der Waals surface area contributed by atoms with Crippen LogP contribution >= 0.6 is 11.6 Å². The molecule has 38 heavy (non-hydrogen) atoms. The molecule has 5 amide bonds. The number of halogens is 4. The van der Waals surface area contributed by atoms with E-state index in [1.54, 1.807) is 13.8 Å². The fraction of sp³-hybridized carbons (Fsp3) is 0.792. The quantitative estimate of drug-likeness (QED) is 0.287. The smallest absolute Gasteiger partial charge is 0.321 e. The van der Waals surface area contributed by atoms with Crippen LogP contribution in [-0.4, -0.2) is 82.7 Å². The van der Waals surface area contributed by atoms with Crippen LogP contribution in [0.15, 0.2) is 0 Å². The van der Waals surface area contributed by atoms with Crippen molar-refractivity contribution in [1.29, 1.82) is 0 Å². The molecule has 214 valence electrons. The zero-order valence-electron chi connectivity index (χ0n) is 21.6. The van der Waals surface area contributed by atoms with Crippen LogP contribution in [0.3, 0.4) is 0 Å². The summed E-state index contributed by atoms with van der Waals surface area (Å²) in [7, 11) is 0. The van der Waals surface area contributed by atoms with Crippen LogP contribution in [-0.2, 0) is 24.0 Å². The van der Waals surface area contributed by atoms with Crippen molar-refractivity contribution < 1.29 is 37.1 Å². The average molecular weight is 566 g/mol. The third kappa shape index (κ3) is 6.52. The van der Waals surface area contributed by atoms with Gasteiger partial charge < -0.3 is 15.5 Å². The fourth-order valence-electron chi connectivity index (χ4n) is 5.55. The van der Waals surface area contributed by atoms with Crippen LogP contribution in [0.25, 0.3) is 0 Å². The number of amides is 5. The first-order valence-corrected chi connectivity index (χ1v) is 13.4. The van der Waals surface area contributed by atoms with Crippen LogP contribution in [0.1, 0.15) is 52.9 Å². The summed E-state index contributed by atoms with van der Waals surface area (Å²) in [5.41, 5.74) is -0.0999. The molecule has 14 heteroatoms. The van der Waals surface area contributed by atoms with Crippen LogP contribution in [0.2, 0.25) is 0 Å². The monoisotopic (exact) mass is 565 g/mol. The van der Waals surface area contributed by atoms with Crippen molar-refractivity contribution in [3.8, 4) is 0 Å². The molecule has 10 nitrogen and oxygen atoms in total. The topological polar surface area (TPSA) is 128 Å². The summed E-state index contributed by atoms with van der Waals surface area (Å²) in [4.78, 5) is 65.1. The molecule has 2 heterocycles. The third-order valence-electron chi connectivity index (χ3n) is 7.87. The molecule has 0 spiro atoms. The Labute approximate surface area is 224 Å². The van der Waals surface area contributed by atoms with E-state index in [2.05, 4.69) is 16.1 Å². The number of carbonyl (C=O) groups is 5. The number of alkyl halides is 4. The molecule has 3 unspecified atom stereocenters. The summed E-state index contributed by atoms with van der Waals surface area (Å²) >= 11 is 5.36. The van der Waals surface area contributed by atoms with E-state index in [9.17, 15) is 37.1 Å². The van der Waals surface area contributed by atoms with E-state index < -0.39 is 59.1 Å². The molecule has 1 saturated carbocycles. The number of nitrogens with zero attached hydrogens (tertiary/aromatic N) is 2. The normalized spacial score (nSPS) is 27.2. The van der Waals surface area contributed by atoms with Crippen LogP contribution in [0.4, 0.5) is 13.2 Å². The second kappa shape index (κ2) is 12.1. The van der Waals surface area contributed by atoms with Crippen molar-refractivity contribution in [2.75, 3.05) is 19.6 Å². The number of likely N-dealkylation sites (tertiary alicyclic amines) is 1. The Kier molecular flexibility index (Phi) is 9.53. The van der Waals surface area contributed by atoms with Gasteiger partial charge in [0.1, 0.15) is 12.1 Å². The zero-order chi connectivity index (χ0) is 28.4. The molecule has 2 aliphatic heterocycles. The van der Waals surface area contributed by atoms with E-state index >= 15 is 0 Å². The molecule has 2 saturated heterocycles. The summed E-state index contributed by atoms with van der Waals surface area (Å²) in [6.07, 6.45) is 2.93. The summed E-state index contributed by atoms with van der Waals surface area (Å²) in [6.45, 7) is 4.04. The first-order chi connectivity index (χ1) is 17.8. The van der Waals surface area contributed by atoms with Gasteiger partial charge in [0.15, 0.2) is 0 Å². The highest BCUT2D eigenvalue weighted by atomic mass is 35.5. The molecule has 0 aromatic carbocycles. The number of fused-ring (bicyclic) bond motifs is 1. The van der Waals surface area contributed by atoms with Crippen molar-refractivity contribution in [1.82, 2.24) is 26.0 Å². The van der Waals surface area contributed by atoms with E-state index in [1.165, 1.54) is 4.90 Å². The van der Waals surface area contributed by atoms with Crippen molar-refractivity contribution in [3.63, 3.8) is 0 Å². The SMILES string of the molecule is CCC(C)C(NC(=O)C(C)(F)F)C(=O)N1C[C@@H]2CCC[C@@H]2[C@H]1C(=O)NN(C[C@@H]1CCNC1=O)C(=O)C(F)Cl. The minimum atomic E-state index is -3.71. The largest absolute Gasteiger partial charge is 0.356 e. The maximum Gasteiger partial charge on any atom is 0.321 e. The maximum absolute atomic E-state index is 13.8. The van der Waals surface area contributed by atoms with E-state index in [4.69, 9.17) is 11.6 Å². The van der Waals surface area contributed by atoms with Gasteiger partial charge >= 0.3 is 5.92 Å². The standard InChI is InChI=1S/C24H35ClF3N5O5/c1-4-12(2)16(30-23(38)24(3,27)28)21(36)32-10-13-6-5-7-15(13)17(32)20(35)31-33(22(37)18(25)26)11-14-8-9-29-19(14)34/h12-18H,4-11H2,1-3H3,(H,29,34)(H,30,38)(H,31,35)/t12?,13-,14-,15-,16?,17-,18?/m0/s1. The lowest BCUT2D eigenvalue weighted by Gasteiger charge is -2.34. The number of hydrogen-bond acceptors (Lipinski definition) is 5. The van der Waals surface area contributed by atoms with Gasteiger partial charge in [0, 0.05) is 20.0 Å². The second-order valence-electron chi connectivity index (χ2n) is 10.5. The molecule has 3 N–H and O–H groups in total. The van der Waals surface area contributed by atoms with Crippen molar-refractivity contribution in [3.05, 3.63) is 0 Å². The van der Waals surface area contributed by atoms with Gasteiger partial charge in [0.05, 0.1) is 12.5 Å². The molecule has 3 rings (SSSR count). The zero-order valence-corrected chi connectivity index (χ0v) is 22.4. The summed E-state index contributed by atoms with van der Waals surface area (Å²) < 4.78 is 41.1. The van der Waals surface area contributed by atoms with E-state index in [0.717, 1.165) is 12.8 Å². The Balaban J connectivity index is 1.86. The fourth-order valence-corrected chi connectivity index (χ4v) is 5.66. The van der Waals surface area contributed by atoms with Gasteiger partial charge in [-0.2, -0.15) is 8.78 Å². The van der Waals surface area contributed by atoms with Gasteiger partial charge in [0.2, 0.25) is 11.8 Å². The Morgan fingerprint density at radius 3 is 2.47 bits per heavy atom. The summed E-state index contributed by atoms with van der Waals surface area (Å²) in [5, 5.41) is 5.42. The molecule has 3 aliphatic rings.